The standard InChI is InChI=1S/C35H56O24/c1-12-19(45-4)28(48-7)34(55-20(12)30(41)42)57-22-16(11-51-13(2)37)54-33(18(40)24(22)52-14(3)38)58-26-25(47-6)29(49-8)35(59-27(26)31(43)44)56-21-15(10-36)53-32(50-9)17(39)23(21)46-5/h12,15-29,32-36,39-40H,10-11H2,1-9H3,(H,41,42)(H,43,44)/t12-,15?,16-,17?,18?,19+,20?,21+,22-,23-,24?,25?,26+,27-,28?,29?,32-,33-,34+,35+/m1/s1. The maximum atomic E-state index is 12.9. The van der Waals surface area contributed by atoms with E-state index >= 15 is 0 Å². The minimum absolute atomic E-state index is 0.624. The number of methoxy groups -OCH3 is 6. The minimum atomic E-state index is -2.00. The second-order valence-electron chi connectivity index (χ2n) is 14.1. The lowest BCUT2D eigenvalue weighted by atomic mass is 9.90. The summed E-state index contributed by atoms with van der Waals surface area (Å²) < 4.78 is 85.6. The first-order chi connectivity index (χ1) is 28.0. The number of hydrogen-bond acceptors (Lipinski definition) is 22. The Morgan fingerprint density at radius 3 is 1.46 bits per heavy atom. The fraction of sp³-hybridized carbons (Fsp3) is 0.886. The van der Waals surface area contributed by atoms with Gasteiger partial charge >= 0.3 is 23.9 Å². The molecular weight excluding hydrogens is 804 g/mol. The summed E-state index contributed by atoms with van der Waals surface area (Å²) in [5.41, 5.74) is 0. The van der Waals surface area contributed by atoms with Crippen LogP contribution in [0, 0.1) is 5.92 Å². The number of ether oxygens (including phenoxy) is 15. The smallest absolute Gasteiger partial charge is 0.335 e. The SMILES string of the molecule is COC1C(OC)[C@H](O[C@H]2O[C@H](COC(C)=O)[C@@H](O[C@@H]3OC(C(=O)O)[C@H](C)[C@H](OC)C3OC)C(OC(C)=O)C2O)[C@H](C(=O)O)O[C@@H]1O[C@H]1C(CO)O[C@@H](OC)C(O)[C@H]1OC. The third kappa shape index (κ3) is 10.8. The number of carbonyl (C=O) groups excluding carboxylic acids is 2. The van der Waals surface area contributed by atoms with Crippen LogP contribution in [-0.2, 0) is 90.2 Å². The van der Waals surface area contributed by atoms with Crippen molar-refractivity contribution in [3.05, 3.63) is 0 Å². The molecule has 0 aliphatic carbocycles. The van der Waals surface area contributed by atoms with E-state index in [4.69, 9.17) is 71.1 Å². The first kappa shape index (κ1) is 48.9. The Morgan fingerprint density at radius 1 is 0.508 bits per heavy atom. The molecule has 0 aromatic heterocycles. The second kappa shape index (κ2) is 21.9. The number of rotatable bonds is 18. The fourth-order valence-corrected chi connectivity index (χ4v) is 7.71. The Labute approximate surface area is 338 Å². The van der Waals surface area contributed by atoms with Crippen molar-refractivity contribution in [2.75, 3.05) is 55.9 Å². The van der Waals surface area contributed by atoms with E-state index in [-0.39, 0.29) is 0 Å². The molecule has 0 saturated carbocycles. The van der Waals surface area contributed by atoms with Crippen molar-refractivity contribution in [2.45, 2.75) is 137 Å². The molecule has 0 radical (unpaired) electrons. The van der Waals surface area contributed by atoms with E-state index < -0.39 is 160 Å². The van der Waals surface area contributed by atoms with Gasteiger partial charge in [0.1, 0.15) is 73.8 Å². The van der Waals surface area contributed by atoms with Gasteiger partial charge in [-0.05, 0) is 0 Å². The summed E-state index contributed by atoms with van der Waals surface area (Å²) in [6, 6.07) is 0. The lowest BCUT2D eigenvalue weighted by molar-refractivity contribution is -0.386. The van der Waals surface area contributed by atoms with E-state index in [2.05, 4.69) is 0 Å². The summed E-state index contributed by atoms with van der Waals surface area (Å²) in [5.74, 6) is -5.42. The molecule has 0 amide bonds. The molecule has 0 spiro atoms. The second-order valence-corrected chi connectivity index (χ2v) is 14.1. The summed E-state index contributed by atoms with van der Waals surface area (Å²) >= 11 is 0. The number of carboxylic acid groups (broad SMARTS) is 2. The summed E-state index contributed by atoms with van der Waals surface area (Å²) in [6.07, 6.45) is -28.0. The summed E-state index contributed by atoms with van der Waals surface area (Å²) in [5, 5.41) is 53.1. The minimum Gasteiger partial charge on any atom is -0.479 e. The van der Waals surface area contributed by atoms with Crippen LogP contribution in [0.25, 0.3) is 0 Å². The molecule has 4 aliphatic heterocycles. The highest BCUT2D eigenvalue weighted by molar-refractivity contribution is 5.73. The maximum absolute atomic E-state index is 12.9. The normalized spacial score (nSPS) is 42.8. The van der Waals surface area contributed by atoms with Gasteiger partial charge in [0.05, 0.1) is 12.7 Å². The Kier molecular flexibility index (Phi) is 18.1. The monoisotopic (exact) mass is 860 g/mol. The van der Waals surface area contributed by atoms with E-state index in [1.54, 1.807) is 6.92 Å². The molecule has 5 N–H and O–H groups in total. The lowest BCUT2D eigenvalue weighted by Crippen LogP contribution is -2.68. The van der Waals surface area contributed by atoms with Crippen molar-refractivity contribution < 1.29 is 116 Å². The van der Waals surface area contributed by atoms with Crippen LogP contribution in [-0.4, -0.2) is 222 Å². The van der Waals surface area contributed by atoms with Crippen LogP contribution in [0.2, 0.25) is 0 Å². The Balaban J connectivity index is 1.68. The van der Waals surface area contributed by atoms with E-state index in [1.165, 1.54) is 42.7 Å². The van der Waals surface area contributed by atoms with Crippen LogP contribution in [0.15, 0.2) is 0 Å². The molecule has 0 aromatic carbocycles. The Hall–Kier alpha value is -2.76. The third-order valence-electron chi connectivity index (χ3n) is 10.5. The molecule has 20 atom stereocenters. The molecule has 4 fully saturated rings. The van der Waals surface area contributed by atoms with E-state index in [0.29, 0.717) is 0 Å². The fourth-order valence-electron chi connectivity index (χ4n) is 7.71. The molecule has 4 heterocycles. The molecule has 4 aliphatic rings. The first-order valence-electron chi connectivity index (χ1n) is 18.5. The molecule has 24 heteroatoms. The van der Waals surface area contributed by atoms with E-state index in [0.717, 1.165) is 13.8 Å². The van der Waals surface area contributed by atoms with Crippen LogP contribution in [0.5, 0.6) is 0 Å². The van der Waals surface area contributed by atoms with E-state index in [1.807, 2.05) is 0 Å². The first-order valence-corrected chi connectivity index (χ1v) is 18.5. The predicted molar refractivity (Wildman–Crippen MR) is 186 cm³/mol. The number of aliphatic hydroxyl groups excluding tert-OH is 3. The zero-order valence-corrected chi connectivity index (χ0v) is 34.0. The van der Waals surface area contributed by atoms with Gasteiger partial charge in [-0.25, -0.2) is 9.59 Å². The highest BCUT2D eigenvalue weighted by atomic mass is 16.8. The Morgan fingerprint density at radius 2 is 0.983 bits per heavy atom. The van der Waals surface area contributed by atoms with Gasteiger partial charge in [-0.15, -0.1) is 0 Å². The van der Waals surface area contributed by atoms with Gasteiger partial charge in [0, 0.05) is 62.4 Å². The van der Waals surface area contributed by atoms with Gasteiger partial charge in [-0.2, -0.15) is 0 Å². The van der Waals surface area contributed by atoms with Crippen molar-refractivity contribution in [1.29, 1.82) is 0 Å². The van der Waals surface area contributed by atoms with Crippen molar-refractivity contribution in [3.8, 4) is 0 Å². The zero-order valence-electron chi connectivity index (χ0n) is 34.0. The molecule has 59 heavy (non-hydrogen) atoms. The molecule has 4 rings (SSSR count). The topological polar surface area (TPSA) is 308 Å². The molecule has 24 nitrogen and oxygen atoms in total. The largest absolute Gasteiger partial charge is 0.479 e. The van der Waals surface area contributed by atoms with Crippen LogP contribution in [0.1, 0.15) is 20.8 Å². The molecule has 0 aromatic rings. The van der Waals surface area contributed by atoms with Gasteiger partial charge in [0.15, 0.2) is 43.5 Å². The van der Waals surface area contributed by atoms with Crippen LogP contribution in [0.4, 0.5) is 0 Å². The van der Waals surface area contributed by atoms with Crippen molar-refractivity contribution >= 4 is 23.9 Å². The number of aliphatic carboxylic acids is 2. The van der Waals surface area contributed by atoms with E-state index in [9.17, 15) is 44.7 Å². The number of hydrogen-bond donors (Lipinski definition) is 5. The molecule has 4 saturated heterocycles. The van der Waals surface area contributed by atoms with Gasteiger partial charge < -0.3 is 96.6 Å². The molecule has 340 valence electrons. The van der Waals surface area contributed by atoms with Crippen LogP contribution in [0.3, 0.4) is 0 Å². The average Bonchev–Trinajstić information content (AvgIpc) is 3.19. The number of aliphatic hydroxyl groups is 3. The molecule has 8 unspecified atom stereocenters. The summed E-state index contributed by atoms with van der Waals surface area (Å²) in [6.45, 7) is 2.42. The lowest BCUT2D eigenvalue weighted by Gasteiger charge is -2.50. The summed E-state index contributed by atoms with van der Waals surface area (Å²) in [7, 11) is 7.58. The highest BCUT2D eigenvalue weighted by Crippen LogP contribution is 2.38. The van der Waals surface area contributed by atoms with Crippen molar-refractivity contribution in [3.63, 3.8) is 0 Å². The van der Waals surface area contributed by atoms with Crippen LogP contribution >= 0.6 is 0 Å². The third-order valence-corrected chi connectivity index (χ3v) is 10.5. The average molecular weight is 861 g/mol. The van der Waals surface area contributed by atoms with Crippen molar-refractivity contribution in [1.82, 2.24) is 0 Å². The van der Waals surface area contributed by atoms with Crippen molar-refractivity contribution in [2.24, 2.45) is 5.92 Å². The van der Waals surface area contributed by atoms with Gasteiger partial charge in [-0.1, -0.05) is 6.92 Å². The highest BCUT2D eigenvalue weighted by Gasteiger charge is 2.59. The molecule has 0 bridgehead atoms. The number of carbonyl (C=O) groups is 4. The van der Waals surface area contributed by atoms with Crippen LogP contribution < -0.4 is 0 Å². The van der Waals surface area contributed by atoms with Gasteiger partial charge in [0.25, 0.3) is 0 Å². The zero-order chi connectivity index (χ0) is 43.9. The van der Waals surface area contributed by atoms with Gasteiger partial charge in [0.2, 0.25) is 0 Å². The predicted octanol–water partition coefficient (Wildman–Crippen LogP) is -3.22. The number of esters is 2. The Bertz CT molecular complexity index is 1390. The molecular formula is C35H56O24. The summed E-state index contributed by atoms with van der Waals surface area (Å²) in [4.78, 5) is 49.6. The van der Waals surface area contributed by atoms with Gasteiger partial charge in [-0.3, -0.25) is 9.59 Å². The maximum Gasteiger partial charge on any atom is 0.335 e. The quantitative estimate of drug-likeness (QED) is 0.0847. The number of carboxylic acids is 2.